The number of carbonyl (C=O) groups is 4. The molecule has 9 heteroatoms. The summed E-state index contributed by atoms with van der Waals surface area (Å²) in [5.41, 5.74) is -2.10. The van der Waals surface area contributed by atoms with Crippen molar-refractivity contribution < 1.29 is 42.5 Å². The Hall–Kier alpha value is -2.94. The van der Waals surface area contributed by atoms with Crippen LogP contribution in [0.1, 0.15) is 72.0 Å². The van der Waals surface area contributed by atoms with Gasteiger partial charge < -0.3 is 23.4 Å². The largest absolute Gasteiger partial charge is 0.472 e. The van der Waals surface area contributed by atoms with E-state index in [1.54, 1.807) is 32.4 Å². The molecule has 3 heterocycles. The molecular formula is C29H36O9. The fourth-order valence-corrected chi connectivity index (χ4v) is 8.34. The maximum Gasteiger partial charge on any atom is 0.347 e. The van der Waals surface area contributed by atoms with Crippen LogP contribution in [0.2, 0.25) is 0 Å². The van der Waals surface area contributed by atoms with Crippen molar-refractivity contribution in [3.05, 3.63) is 36.3 Å². The first-order chi connectivity index (χ1) is 17.7. The Morgan fingerprint density at radius 1 is 1.18 bits per heavy atom. The van der Waals surface area contributed by atoms with Crippen LogP contribution in [0.3, 0.4) is 0 Å². The van der Waals surface area contributed by atoms with E-state index in [0.717, 1.165) is 11.1 Å². The number of Topliss-reactive ketones (excluding diaryl/α,β-unsaturated/α-hetero) is 1. The summed E-state index contributed by atoms with van der Waals surface area (Å²) in [5, 5.41) is 0. The van der Waals surface area contributed by atoms with Crippen molar-refractivity contribution in [3.8, 4) is 0 Å². The van der Waals surface area contributed by atoms with Crippen molar-refractivity contribution in [2.45, 2.75) is 84.2 Å². The van der Waals surface area contributed by atoms with Gasteiger partial charge in [-0.25, -0.2) is 4.79 Å². The predicted octanol–water partition coefficient (Wildman–Crippen LogP) is 4.10. The van der Waals surface area contributed by atoms with E-state index in [9.17, 15) is 19.2 Å². The summed E-state index contributed by atoms with van der Waals surface area (Å²) in [6.45, 7) is 13.4. The zero-order valence-corrected chi connectivity index (χ0v) is 22.8. The molecule has 9 nitrogen and oxygen atoms in total. The van der Waals surface area contributed by atoms with Crippen molar-refractivity contribution >= 4 is 23.7 Å². The van der Waals surface area contributed by atoms with E-state index < -0.39 is 64.0 Å². The SMILES string of the molecule is C=C1[C@@H]2CC[C@@]3(C)[C@H](c4ccoc4)OC(=O)C[C@@]13O[C@H]1CC(=O)C(C)(C)C([C@H](OC(C)=O)C(=O)OC)[C@]12C. The summed E-state index contributed by atoms with van der Waals surface area (Å²) in [6, 6.07) is 1.78. The molecule has 1 aromatic rings. The van der Waals surface area contributed by atoms with Crippen LogP contribution in [0.5, 0.6) is 0 Å². The summed E-state index contributed by atoms with van der Waals surface area (Å²) in [7, 11) is 1.23. The van der Waals surface area contributed by atoms with Gasteiger partial charge >= 0.3 is 17.9 Å². The predicted molar refractivity (Wildman–Crippen MR) is 132 cm³/mol. The molecule has 1 aromatic heterocycles. The fourth-order valence-electron chi connectivity index (χ4n) is 8.34. The Morgan fingerprint density at radius 2 is 1.89 bits per heavy atom. The van der Waals surface area contributed by atoms with Gasteiger partial charge in [0.25, 0.3) is 0 Å². The summed E-state index contributed by atoms with van der Waals surface area (Å²) in [5.74, 6) is -2.85. The van der Waals surface area contributed by atoms with Crippen LogP contribution in [0.15, 0.2) is 35.2 Å². The Bertz CT molecular complexity index is 1200. The first kappa shape index (κ1) is 26.7. The van der Waals surface area contributed by atoms with Gasteiger partial charge in [-0.05, 0) is 30.4 Å². The van der Waals surface area contributed by atoms with E-state index >= 15 is 0 Å². The maximum atomic E-state index is 13.7. The number of cyclic esters (lactones) is 1. The molecule has 2 aliphatic carbocycles. The number of ether oxygens (including phenoxy) is 4. The molecule has 2 saturated heterocycles. The molecule has 4 aliphatic rings. The lowest BCUT2D eigenvalue weighted by molar-refractivity contribution is -0.303. The van der Waals surface area contributed by atoms with E-state index in [2.05, 4.69) is 6.58 Å². The number of rotatable bonds is 4. The molecule has 4 fully saturated rings. The maximum absolute atomic E-state index is 13.7. The molecule has 5 rings (SSSR count). The highest BCUT2D eigenvalue weighted by Gasteiger charge is 2.74. The van der Waals surface area contributed by atoms with Crippen molar-refractivity contribution in [2.75, 3.05) is 7.11 Å². The third-order valence-corrected chi connectivity index (χ3v) is 10.2. The van der Waals surface area contributed by atoms with Crippen LogP contribution in [0.4, 0.5) is 0 Å². The number of carbonyl (C=O) groups excluding carboxylic acids is 4. The van der Waals surface area contributed by atoms with E-state index in [1.165, 1.54) is 14.0 Å². The van der Waals surface area contributed by atoms with E-state index in [0.29, 0.717) is 12.8 Å². The summed E-state index contributed by atoms with van der Waals surface area (Å²) in [6.07, 6.45) is 1.93. The Morgan fingerprint density at radius 3 is 2.50 bits per heavy atom. The van der Waals surface area contributed by atoms with E-state index in [-0.39, 0.29) is 24.5 Å². The highest BCUT2D eigenvalue weighted by atomic mass is 16.6. The number of furan rings is 1. The van der Waals surface area contributed by atoms with Crippen LogP contribution < -0.4 is 0 Å². The molecule has 1 spiro atoms. The van der Waals surface area contributed by atoms with Crippen LogP contribution in [0.25, 0.3) is 0 Å². The Balaban J connectivity index is 1.66. The highest BCUT2D eigenvalue weighted by Crippen LogP contribution is 2.71. The van der Waals surface area contributed by atoms with Gasteiger partial charge in [-0.15, -0.1) is 0 Å². The number of methoxy groups -OCH3 is 1. The van der Waals surface area contributed by atoms with Crippen molar-refractivity contribution in [2.24, 2.45) is 28.1 Å². The third-order valence-electron chi connectivity index (χ3n) is 10.2. The number of hydrogen-bond donors (Lipinski definition) is 0. The Labute approximate surface area is 222 Å². The molecule has 2 bridgehead atoms. The number of esters is 3. The van der Waals surface area contributed by atoms with Gasteiger partial charge in [-0.1, -0.05) is 34.3 Å². The lowest BCUT2D eigenvalue weighted by Gasteiger charge is -2.70. The first-order valence-electron chi connectivity index (χ1n) is 13.1. The molecule has 206 valence electrons. The molecule has 8 atom stereocenters. The average molecular weight is 529 g/mol. The fraction of sp³-hybridized carbons (Fsp3) is 0.655. The first-order valence-corrected chi connectivity index (χ1v) is 13.1. The molecule has 0 aromatic carbocycles. The number of ketones is 1. The monoisotopic (exact) mass is 528 g/mol. The van der Waals surface area contributed by atoms with Gasteiger partial charge in [0.15, 0.2) is 0 Å². The quantitative estimate of drug-likeness (QED) is 0.323. The second-order valence-electron chi connectivity index (χ2n) is 12.3. The third kappa shape index (κ3) is 3.33. The topological polar surface area (TPSA) is 118 Å². The van der Waals surface area contributed by atoms with Crippen LogP contribution in [-0.2, 0) is 38.1 Å². The summed E-state index contributed by atoms with van der Waals surface area (Å²) in [4.78, 5) is 52.0. The summed E-state index contributed by atoms with van der Waals surface area (Å²) >= 11 is 0. The molecule has 1 unspecified atom stereocenters. The van der Waals surface area contributed by atoms with E-state index in [1.807, 2.05) is 13.8 Å². The van der Waals surface area contributed by atoms with Gasteiger partial charge in [0, 0.05) is 41.1 Å². The van der Waals surface area contributed by atoms with Crippen LogP contribution in [-0.4, -0.2) is 48.6 Å². The van der Waals surface area contributed by atoms with Crippen LogP contribution >= 0.6 is 0 Å². The minimum absolute atomic E-state index is 0.0214. The van der Waals surface area contributed by atoms with Crippen molar-refractivity contribution in [1.82, 2.24) is 0 Å². The zero-order chi connectivity index (χ0) is 27.8. The normalized spacial score (nSPS) is 40.3. The molecule has 2 aliphatic heterocycles. The molecule has 2 saturated carbocycles. The van der Waals surface area contributed by atoms with Crippen molar-refractivity contribution in [1.29, 1.82) is 0 Å². The van der Waals surface area contributed by atoms with Gasteiger partial charge in [-0.2, -0.15) is 0 Å². The second-order valence-corrected chi connectivity index (χ2v) is 12.3. The van der Waals surface area contributed by atoms with Gasteiger partial charge in [0.1, 0.15) is 17.5 Å². The molecular weight excluding hydrogens is 492 g/mol. The average Bonchev–Trinajstić information content (AvgIpc) is 3.36. The minimum Gasteiger partial charge on any atom is -0.472 e. The van der Waals surface area contributed by atoms with Gasteiger partial charge in [0.05, 0.1) is 32.2 Å². The highest BCUT2D eigenvalue weighted by molar-refractivity contribution is 5.89. The summed E-state index contributed by atoms with van der Waals surface area (Å²) < 4.78 is 28.8. The van der Waals surface area contributed by atoms with Crippen molar-refractivity contribution in [3.63, 3.8) is 0 Å². The smallest absolute Gasteiger partial charge is 0.347 e. The van der Waals surface area contributed by atoms with Gasteiger partial charge in [-0.3, -0.25) is 14.4 Å². The van der Waals surface area contributed by atoms with Gasteiger partial charge in [0.2, 0.25) is 6.10 Å². The molecule has 0 amide bonds. The molecule has 0 N–H and O–H groups in total. The van der Waals surface area contributed by atoms with Crippen LogP contribution in [0, 0.1) is 28.1 Å². The van der Waals surface area contributed by atoms with E-state index in [4.69, 9.17) is 23.4 Å². The number of hydrogen-bond acceptors (Lipinski definition) is 9. The second kappa shape index (κ2) is 8.53. The lowest BCUT2D eigenvalue weighted by atomic mass is 9.41. The number of fused-ring (bicyclic) bond motifs is 3. The molecule has 0 radical (unpaired) electrons. The standard InChI is InChI=1S/C29H36O9/c1-15-18-8-10-27(5)24(17-9-11-35-14-17)37-21(32)13-29(15,27)38-20-12-19(31)26(3,4)23(28(18,20)6)22(25(33)34-7)36-16(2)30/h9,11,14,18,20,22-24H,1,8,10,12-13H2,2-7H3/t18-,20-,22-,23?,24-,27-,28-,29+/m0/s1. The minimum atomic E-state index is -1.31. The molecule has 38 heavy (non-hydrogen) atoms. The lowest BCUT2D eigenvalue weighted by Crippen LogP contribution is -2.74. The zero-order valence-electron chi connectivity index (χ0n) is 22.8. The Kier molecular flexibility index (Phi) is 5.98.